The molecule has 3 aliphatic heterocycles. The summed E-state index contributed by atoms with van der Waals surface area (Å²) in [5.74, 6) is 3.37. The highest BCUT2D eigenvalue weighted by Crippen LogP contribution is 2.35. The van der Waals surface area contributed by atoms with Crippen LogP contribution in [-0.2, 0) is 26.4 Å². The number of anilines is 2. The van der Waals surface area contributed by atoms with Crippen molar-refractivity contribution in [3.8, 4) is 11.4 Å². The van der Waals surface area contributed by atoms with Crippen LogP contribution in [0.1, 0.15) is 19.7 Å². The fourth-order valence-electron chi connectivity index (χ4n) is 4.74. The molecule has 6 heterocycles. The van der Waals surface area contributed by atoms with Crippen molar-refractivity contribution in [1.82, 2.24) is 24.5 Å². The number of rotatable bonds is 3. The van der Waals surface area contributed by atoms with Crippen molar-refractivity contribution in [3.05, 3.63) is 24.2 Å². The average molecular weight is 452 g/mol. The number of hydrogen-bond acceptors (Lipinski definition) is 9. The highest BCUT2D eigenvalue weighted by molar-refractivity contribution is 5.86. The quantitative estimate of drug-likeness (QED) is 0.591. The summed E-state index contributed by atoms with van der Waals surface area (Å²) < 4.78 is 19.2. The van der Waals surface area contributed by atoms with E-state index in [2.05, 4.69) is 34.3 Å². The summed E-state index contributed by atoms with van der Waals surface area (Å²) in [6.07, 6.45) is 1.87. The smallest absolute Gasteiger partial charge is 0.166 e. The predicted molar refractivity (Wildman–Crippen MR) is 124 cm³/mol. The van der Waals surface area contributed by atoms with Gasteiger partial charge in [0.15, 0.2) is 22.8 Å². The van der Waals surface area contributed by atoms with Gasteiger partial charge >= 0.3 is 0 Å². The Bertz CT molecular complexity index is 1150. The Kier molecular flexibility index (Phi) is 5.16. The highest BCUT2D eigenvalue weighted by atomic mass is 16.5. The SMILES string of the molecule is CC1(C)OCCn2c1nc1c(N3CCOCC3)nc(-c3ccc(N4CCOCC4)nc3)nc12. The van der Waals surface area contributed by atoms with Crippen molar-refractivity contribution in [3.63, 3.8) is 0 Å². The number of nitrogens with zero attached hydrogens (tertiary/aromatic N) is 7. The van der Waals surface area contributed by atoms with E-state index in [0.29, 0.717) is 25.6 Å². The monoisotopic (exact) mass is 451 g/mol. The number of morpholine rings is 2. The summed E-state index contributed by atoms with van der Waals surface area (Å²) >= 11 is 0. The van der Waals surface area contributed by atoms with Gasteiger partial charge in [0.2, 0.25) is 0 Å². The molecule has 0 amide bonds. The predicted octanol–water partition coefficient (Wildman–Crippen LogP) is 1.83. The number of aromatic nitrogens is 5. The van der Waals surface area contributed by atoms with Gasteiger partial charge in [0.1, 0.15) is 17.2 Å². The molecule has 3 aromatic heterocycles. The molecule has 174 valence electrons. The van der Waals surface area contributed by atoms with Crippen molar-refractivity contribution in [2.24, 2.45) is 0 Å². The Morgan fingerprint density at radius 1 is 0.818 bits per heavy atom. The number of imidazole rings is 1. The Balaban J connectivity index is 1.45. The molecule has 10 heteroatoms. The van der Waals surface area contributed by atoms with Crippen LogP contribution in [0.15, 0.2) is 18.3 Å². The van der Waals surface area contributed by atoms with Gasteiger partial charge in [-0.1, -0.05) is 0 Å². The summed E-state index contributed by atoms with van der Waals surface area (Å²) in [5.41, 5.74) is 2.10. The van der Waals surface area contributed by atoms with Crippen LogP contribution in [0, 0.1) is 0 Å². The molecule has 0 N–H and O–H groups in total. The van der Waals surface area contributed by atoms with Gasteiger partial charge in [0.05, 0.1) is 33.0 Å². The summed E-state index contributed by atoms with van der Waals surface area (Å²) in [6, 6.07) is 4.11. The molecule has 10 nitrogen and oxygen atoms in total. The first-order valence-corrected chi connectivity index (χ1v) is 11.6. The summed E-state index contributed by atoms with van der Waals surface area (Å²) in [4.78, 5) is 24.2. The third-order valence-corrected chi connectivity index (χ3v) is 6.54. The van der Waals surface area contributed by atoms with Crippen LogP contribution in [-0.4, -0.2) is 83.7 Å². The summed E-state index contributed by atoms with van der Waals surface area (Å²) in [7, 11) is 0. The number of pyridine rings is 1. The fraction of sp³-hybridized carbons (Fsp3) is 0.565. The maximum atomic E-state index is 6.00. The van der Waals surface area contributed by atoms with E-state index in [1.54, 1.807) is 0 Å². The lowest BCUT2D eigenvalue weighted by molar-refractivity contribution is -0.0530. The average Bonchev–Trinajstić information content (AvgIpc) is 3.25. The van der Waals surface area contributed by atoms with E-state index in [1.807, 2.05) is 12.3 Å². The van der Waals surface area contributed by atoms with Gasteiger partial charge < -0.3 is 28.6 Å². The van der Waals surface area contributed by atoms with Gasteiger partial charge in [-0.3, -0.25) is 0 Å². The van der Waals surface area contributed by atoms with Crippen LogP contribution >= 0.6 is 0 Å². The van der Waals surface area contributed by atoms with Gasteiger partial charge in [-0.15, -0.1) is 0 Å². The third-order valence-electron chi connectivity index (χ3n) is 6.54. The fourth-order valence-corrected chi connectivity index (χ4v) is 4.74. The number of hydrogen-bond donors (Lipinski definition) is 0. The molecule has 0 spiro atoms. The van der Waals surface area contributed by atoms with Crippen LogP contribution < -0.4 is 9.80 Å². The molecule has 0 saturated carbocycles. The Labute approximate surface area is 192 Å². The maximum absolute atomic E-state index is 6.00. The number of ether oxygens (including phenoxy) is 3. The lowest BCUT2D eigenvalue weighted by atomic mass is 10.1. The maximum Gasteiger partial charge on any atom is 0.166 e. The molecule has 33 heavy (non-hydrogen) atoms. The van der Waals surface area contributed by atoms with E-state index in [0.717, 1.165) is 80.1 Å². The van der Waals surface area contributed by atoms with Crippen molar-refractivity contribution >= 4 is 22.8 Å². The van der Waals surface area contributed by atoms with E-state index in [-0.39, 0.29) is 0 Å². The third kappa shape index (κ3) is 3.71. The lowest BCUT2D eigenvalue weighted by Gasteiger charge is -2.30. The van der Waals surface area contributed by atoms with Gasteiger partial charge in [0.25, 0.3) is 0 Å². The normalized spacial score (nSPS) is 20.8. The molecule has 2 saturated heterocycles. The zero-order valence-electron chi connectivity index (χ0n) is 19.2. The molecule has 0 unspecified atom stereocenters. The molecule has 3 aliphatic rings. The number of fused-ring (bicyclic) bond motifs is 3. The minimum atomic E-state index is -0.469. The van der Waals surface area contributed by atoms with Gasteiger partial charge in [-0.25, -0.2) is 19.9 Å². The van der Waals surface area contributed by atoms with E-state index in [1.165, 1.54) is 0 Å². The van der Waals surface area contributed by atoms with E-state index >= 15 is 0 Å². The molecule has 6 rings (SSSR count). The van der Waals surface area contributed by atoms with Crippen LogP contribution in [0.3, 0.4) is 0 Å². The molecular weight excluding hydrogens is 422 g/mol. The zero-order chi connectivity index (χ0) is 22.4. The van der Waals surface area contributed by atoms with Gasteiger partial charge in [-0.2, -0.15) is 0 Å². The first-order chi connectivity index (χ1) is 16.1. The van der Waals surface area contributed by atoms with Crippen LogP contribution in [0.4, 0.5) is 11.6 Å². The summed E-state index contributed by atoms with van der Waals surface area (Å²) in [5, 5.41) is 0. The van der Waals surface area contributed by atoms with Crippen LogP contribution in [0.5, 0.6) is 0 Å². The lowest BCUT2D eigenvalue weighted by Crippen LogP contribution is -2.37. The second-order valence-corrected chi connectivity index (χ2v) is 9.09. The van der Waals surface area contributed by atoms with E-state index in [4.69, 9.17) is 34.1 Å². The molecule has 0 aliphatic carbocycles. The molecule has 0 bridgehead atoms. The van der Waals surface area contributed by atoms with Crippen LogP contribution in [0.2, 0.25) is 0 Å². The van der Waals surface area contributed by atoms with Gasteiger partial charge in [0, 0.05) is 44.5 Å². The Morgan fingerprint density at radius 3 is 2.24 bits per heavy atom. The van der Waals surface area contributed by atoms with E-state index < -0.39 is 5.60 Å². The topological polar surface area (TPSA) is 90.7 Å². The summed E-state index contributed by atoms with van der Waals surface area (Å²) in [6.45, 7) is 11.6. The van der Waals surface area contributed by atoms with Crippen molar-refractivity contribution in [2.45, 2.75) is 26.0 Å². The molecule has 2 fully saturated rings. The molecular formula is C23H29N7O3. The zero-order valence-corrected chi connectivity index (χ0v) is 19.2. The van der Waals surface area contributed by atoms with E-state index in [9.17, 15) is 0 Å². The van der Waals surface area contributed by atoms with Crippen molar-refractivity contribution in [1.29, 1.82) is 0 Å². The minimum Gasteiger partial charge on any atom is -0.378 e. The first kappa shape index (κ1) is 20.8. The second-order valence-electron chi connectivity index (χ2n) is 9.09. The Morgan fingerprint density at radius 2 is 1.55 bits per heavy atom. The van der Waals surface area contributed by atoms with Crippen molar-refractivity contribution in [2.75, 3.05) is 69.0 Å². The molecule has 0 aromatic carbocycles. The molecule has 3 aromatic rings. The largest absolute Gasteiger partial charge is 0.378 e. The minimum absolute atomic E-state index is 0.469. The molecule has 0 radical (unpaired) electrons. The standard InChI is InChI=1S/C23H29N7O3/c1-23(2)22-25-18-20(29-7-12-32-13-8-29)26-19(27-21(18)30(22)9-14-33-23)16-3-4-17(24-15-16)28-5-10-31-11-6-28/h3-4,15H,5-14H2,1-2H3. The Hall–Kier alpha value is -2.82. The first-order valence-electron chi connectivity index (χ1n) is 11.6. The highest BCUT2D eigenvalue weighted by Gasteiger charge is 2.34. The van der Waals surface area contributed by atoms with Gasteiger partial charge in [-0.05, 0) is 26.0 Å². The van der Waals surface area contributed by atoms with Crippen LogP contribution in [0.25, 0.3) is 22.6 Å². The van der Waals surface area contributed by atoms with Crippen molar-refractivity contribution < 1.29 is 14.2 Å². The molecule has 0 atom stereocenters. The second kappa shape index (κ2) is 8.19.